The van der Waals surface area contributed by atoms with Gasteiger partial charge in [-0.05, 0) is 37.0 Å². The van der Waals surface area contributed by atoms with Crippen LogP contribution >= 0.6 is 0 Å². The number of anilines is 1. The molecular formula is C28H30N4O3. The van der Waals surface area contributed by atoms with Crippen LogP contribution in [-0.2, 0) is 11.3 Å². The predicted octanol–water partition coefficient (Wildman–Crippen LogP) is 5.79. The van der Waals surface area contributed by atoms with E-state index in [1.807, 2.05) is 31.3 Å². The van der Waals surface area contributed by atoms with Gasteiger partial charge in [-0.2, -0.15) is 0 Å². The average Bonchev–Trinajstić information content (AvgIpc) is 3.28. The van der Waals surface area contributed by atoms with Gasteiger partial charge in [-0.3, -0.25) is 9.59 Å². The molecule has 0 radical (unpaired) electrons. The summed E-state index contributed by atoms with van der Waals surface area (Å²) >= 11 is 0. The number of unbranched alkanes of at least 4 members (excludes halogenated alkanes) is 2. The molecule has 180 valence electrons. The molecule has 2 heterocycles. The maximum atomic E-state index is 12.5. The molecule has 0 unspecified atom stereocenters. The van der Waals surface area contributed by atoms with Crippen molar-refractivity contribution in [3.8, 4) is 11.3 Å². The molecule has 7 nitrogen and oxygen atoms in total. The Morgan fingerprint density at radius 2 is 1.74 bits per heavy atom. The number of nitrogens with zero attached hydrogens (tertiary/aromatic N) is 3. The second-order valence-electron chi connectivity index (χ2n) is 8.94. The number of carboxylic acid groups (broad SMARTS) is 1. The van der Waals surface area contributed by atoms with E-state index in [1.54, 1.807) is 6.33 Å². The molecule has 0 fully saturated rings. The molecule has 35 heavy (non-hydrogen) atoms. The normalized spacial score (nSPS) is 11.0. The van der Waals surface area contributed by atoms with Crippen molar-refractivity contribution in [2.24, 2.45) is 0 Å². The Bertz CT molecular complexity index is 1330. The fraction of sp³-hybridized carbons (Fsp3) is 0.286. The van der Waals surface area contributed by atoms with Crippen LogP contribution in [-0.4, -0.2) is 38.9 Å². The molecule has 0 aliphatic carbocycles. The van der Waals surface area contributed by atoms with Gasteiger partial charge in [-0.25, -0.2) is 9.97 Å². The van der Waals surface area contributed by atoms with Gasteiger partial charge < -0.3 is 15.0 Å². The van der Waals surface area contributed by atoms with Crippen LogP contribution in [0.1, 0.15) is 53.6 Å². The second kappa shape index (κ2) is 11.0. The van der Waals surface area contributed by atoms with Crippen LogP contribution in [0.4, 0.5) is 5.82 Å². The maximum absolute atomic E-state index is 12.5. The van der Waals surface area contributed by atoms with Crippen LogP contribution in [0.2, 0.25) is 0 Å². The van der Waals surface area contributed by atoms with Gasteiger partial charge in [0.05, 0.1) is 5.39 Å². The van der Waals surface area contributed by atoms with Crippen molar-refractivity contribution in [1.82, 2.24) is 15.0 Å². The first kappa shape index (κ1) is 24.1. The Hall–Kier alpha value is -4.00. The molecule has 2 N–H and O–H groups in total. The first-order valence-electron chi connectivity index (χ1n) is 11.9. The third-order valence-corrected chi connectivity index (χ3v) is 6.08. The number of aryl methyl sites for hydroxylation is 1. The molecule has 0 amide bonds. The van der Waals surface area contributed by atoms with Crippen LogP contribution in [0.25, 0.3) is 22.3 Å². The zero-order valence-corrected chi connectivity index (χ0v) is 20.1. The molecule has 0 atom stereocenters. The van der Waals surface area contributed by atoms with Gasteiger partial charge >= 0.3 is 5.97 Å². The number of aromatic nitrogens is 3. The smallest absolute Gasteiger partial charge is 0.303 e. The molecule has 0 bridgehead atoms. The minimum atomic E-state index is -0.792. The Kier molecular flexibility index (Phi) is 7.55. The number of Topliss-reactive ketones (excluding diaryl/α,β-unsaturated/α-hetero) is 1. The number of ketones is 1. The average molecular weight is 471 g/mol. The fourth-order valence-electron chi connectivity index (χ4n) is 4.26. The number of nitrogens with one attached hydrogen (secondary N) is 1. The molecule has 4 rings (SSSR count). The van der Waals surface area contributed by atoms with Crippen LogP contribution in [0.15, 0.2) is 60.9 Å². The first-order valence-corrected chi connectivity index (χ1v) is 11.9. The van der Waals surface area contributed by atoms with Crippen molar-refractivity contribution in [2.45, 2.75) is 45.6 Å². The van der Waals surface area contributed by atoms with Gasteiger partial charge in [0.15, 0.2) is 5.78 Å². The highest BCUT2D eigenvalue weighted by Crippen LogP contribution is 2.29. The van der Waals surface area contributed by atoms with Gasteiger partial charge in [-0.1, -0.05) is 60.5 Å². The molecule has 0 saturated heterocycles. The van der Waals surface area contributed by atoms with Crippen LogP contribution in [0.5, 0.6) is 0 Å². The van der Waals surface area contributed by atoms with E-state index in [0.29, 0.717) is 24.8 Å². The zero-order chi connectivity index (χ0) is 24.8. The van der Waals surface area contributed by atoms with Gasteiger partial charge in [0.2, 0.25) is 0 Å². The molecule has 0 aliphatic heterocycles. The van der Waals surface area contributed by atoms with Crippen molar-refractivity contribution < 1.29 is 14.7 Å². The van der Waals surface area contributed by atoms with E-state index in [1.165, 1.54) is 11.1 Å². The van der Waals surface area contributed by atoms with Crippen molar-refractivity contribution >= 4 is 28.6 Å². The number of aromatic amines is 1. The molecule has 0 spiro atoms. The van der Waals surface area contributed by atoms with Crippen molar-refractivity contribution in [3.05, 3.63) is 77.6 Å². The molecular weight excluding hydrogens is 440 g/mol. The Morgan fingerprint density at radius 3 is 2.49 bits per heavy atom. The van der Waals surface area contributed by atoms with E-state index in [4.69, 9.17) is 5.11 Å². The number of benzene rings is 2. The zero-order valence-electron chi connectivity index (χ0n) is 20.1. The highest BCUT2D eigenvalue weighted by Gasteiger charge is 2.14. The lowest BCUT2D eigenvalue weighted by molar-refractivity contribution is -0.137. The number of carbonyl (C=O) groups excluding carboxylic acids is 1. The number of carbonyl (C=O) groups is 2. The highest BCUT2D eigenvalue weighted by molar-refractivity contribution is 5.97. The van der Waals surface area contributed by atoms with Gasteiger partial charge in [0.1, 0.15) is 17.8 Å². The summed E-state index contributed by atoms with van der Waals surface area (Å²) in [7, 11) is 2.03. The van der Waals surface area contributed by atoms with Gasteiger partial charge in [-0.15, -0.1) is 0 Å². The van der Waals surface area contributed by atoms with Crippen LogP contribution in [0, 0.1) is 6.92 Å². The summed E-state index contributed by atoms with van der Waals surface area (Å²) in [6.45, 7) is 2.83. The molecule has 7 heteroatoms. The largest absolute Gasteiger partial charge is 0.481 e. The molecule has 2 aromatic carbocycles. The predicted molar refractivity (Wildman–Crippen MR) is 138 cm³/mol. The summed E-state index contributed by atoms with van der Waals surface area (Å²) in [5.41, 5.74) is 5.76. The summed E-state index contributed by atoms with van der Waals surface area (Å²) in [4.78, 5) is 37.5. The number of aliphatic carboxylic acids is 1. The van der Waals surface area contributed by atoms with E-state index in [0.717, 1.165) is 41.1 Å². The van der Waals surface area contributed by atoms with Crippen molar-refractivity contribution in [2.75, 3.05) is 11.9 Å². The second-order valence-corrected chi connectivity index (χ2v) is 8.94. The topological polar surface area (TPSA) is 99.2 Å². The SMILES string of the molecule is Cc1cccc(CN(C)c2ncnc3[nH]c(-c4ccc(C(=O)CCCCCC(=O)O)cc4)cc23)c1. The molecule has 4 aromatic rings. The number of H-pyrrole nitrogens is 1. The fourth-order valence-corrected chi connectivity index (χ4v) is 4.26. The van der Waals surface area contributed by atoms with E-state index in [9.17, 15) is 9.59 Å². The lowest BCUT2D eigenvalue weighted by Crippen LogP contribution is -2.18. The summed E-state index contributed by atoms with van der Waals surface area (Å²) < 4.78 is 0. The molecule has 2 aromatic heterocycles. The van der Waals surface area contributed by atoms with E-state index < -0.39 is 5.97 Å². The number of hydrogen-bond acceptors (Lipinski definition) is 5. The summed E-state index contributed by atoms with van der Waals surface area (Å²) in [5, 5.41) is 9.64. The Morgan fingerprint density at radius 1 is 0.971 bits per heavy atom. The van der Waals surface area contributed by atoms with Crippen molar-refractivity contribution in [3.63, 3.8) is 0 Å². The quantitative estimate of drug-likeness (QED) is 0.213. The number of hydrogen-bond donors (Lipinski definition) is 2. The Labute approximate surface area is 204 Å². The lowest BCUT2D eigenvalue weighted by atomic mass is 10.0. The standard InChI is InChI=1S/C28H30N4O3/c1-19-7-6-8-20(15-19)17-32(2)28-23-16-24(31-27(23)29-18-30-28)21-11-13-22(14-12-21)25(33)9-4-3-5-10-26(34)35/h6-8,11-16,18H,3-5,9-10,17H2,1-2H3,(H,34,35)(H,29,30,31). The van der Waals surface area contributed by atoms with Crippen LogP contribution < -0.4 is 4.90 Å². The maximum Gasteiger partial charge on any atom is 0.303 e. The minimum absolute atomic E-state index is 0.0782. The number of fused-ring (bicyclic) bond motifs is 1. The summed E-state index contributed by atoms with van der Waals surface area (Å²) in [5.74, 6) is 0.142. The molecule has 0 aliphatic rings. The first-order chi connectivity index (χ1) is 16.9. The number of carboxylic acids is 1. The van der Waals surface area contributed by atoms with Gasteiger partial charge in [0, 0.05) is 37.7 Å². The van der Waals surface area contributed by atoms with Crippen LogP contribution in [0.3, 0.4) is 0 Å². The van der Waals surface area contributed by atoms with Gasteiger partial charge in [0.25, 0.3) is 0 Å². The van der Waals surface area contributed by atoms with E-state index in [2.05, 4.69) is 57.1 Å². The third kappa shape index (κ3) is 6.12. The summed E-state index contributed by atoms with van der Waals surface area (Å²) in [6.07, 6.45) is 4.20. The monoisotopic (exact) mass is 470 g/mol. The highest BCUT2D eigenvalue weighted by atomic mass is 16.4. The number of rotatable bonds is 11. The Balaban J connectivity index is 1.45. The minimum Gasteiger partial charge on any atom is -0.481 e. The third-order valence-electron chi connectivity index (χ3n) is 6.08. The van der Waals surface area contributed by atoms with Crippen molar-refractivity contribution in [1.29, 1.82) is 0 Å². The summed E-state index contributed by atoms with van der Waals surface area (Å²) in [6, 6.07) is 18.1. The van der Waals surface area contributed by atoms with E-state index in [-0.39, 0.29) is 12.2 Å². The van der Waals surface area contributed by atoms with E-state index >= 15 is 0 Å². The lowest BCUT2D eigenvalue weighted by Gasteiger charge is -2.19. The molecule has 0 saturated carbocycles.